The van der Waals surface area contributed by atoms with Crippen molar-refractivity contribution in [2.24, 2.45) is 11.1 Å². The lowest BCUT2D eigenvalue weighted by Gasteiger charge is -2.40. The molecular formula is C14H18N2O2. The van der Waals surface area contributed by atoms with E-state index in [0.717, 1.165) is 31.9 Å². The van der Waals surface area contributed by atoms with E-state index in [9.17, 15) is 0 Å². The lowest BCUT2D eigenvalue weighted by atomic mass is 9.86. The van der Waals surface area contributed by atoms with Crippen LogP contribution in [0, 0.1) is 5.41 Å². The fraction of sp³-hybridized carbons (Fsp3) is 0.429. The average molecular weight is 246 g/mol. The molecule has 4 nitrogen and oxygen atoms in total. The van der Waals surface area contributed by atoms with Gasteiger partial charge in [0.05, 0.1) is 19.5 Å². The number of furan rings is 1. The van der Waals surface area contributed by atoms with Crippen molar-refractivity contribution in [3.8, 4) is 0 Å². The van der Waals surface area contributed by atoms with Gasteiger partial charge in [-0.2, -0.15) is 0 Å². The maximum Gasteiger partial charge on any atom is 0.134 e. The Morgan fingerprint density at radius 3 is 2.83 bits per heavy atom. The van der Waals surface area contributed by atoms with Crippen LogP contribution in [-0.4, -0.2) is 26.3 Å². The summed E-state index contributed by atoms with van der Waals surface area (Å²) in [6.45, 7) is 3.90. The molecule has 1 saturated heterocycles. The molecular weight excluding hydrogens is 228 g/mol. The first-order chi connectivity index (χ1) is 8.83. The molecule has 0 spiro atoms. The molecule has 0 unspecified atom stereocenters. The number of hydrogen-bond acceptors (Lipinski definition) is 4. The van der Waals surface area contributed by atoms with Crippen molar-refractivity contribution in [3.63, 3.8) is 0 Å². The van der Waals surface area contributed by atoms with Gasteiger partial charge in [-0.3, -0.25) is 0 Å². The van der Waals surface area contributed by atoms with Gasteiger partial charge in [-0.15, -0.1) is 0 Å². The first kappa shape index (κ1) is 11.7. The Hall–Kier alpha value is -1.36. The minimum atomic E-state index is 0.138. The van der Waals surface area contributed by atoms with Gasteiger partial charge >= 0.3 is 0 Å². The van der Waals surface area contributed by atoms with E-state index in [-0.39, 0.29) is 5.41 Å². The van der Waals surface area contributed by atoms with E-state index in [1.54, 1.807) is 0 Å². The molecule has 96 valence electrons. The topological polar surface area (TPSA) is 60.4 Å². The Morgan fingerprint density at radius 2 is 2.11 bits per heavy atom. The second-order valence-electron chi connectivity index (χ2n) is 5.06. The minimum Gasteiger partial charge on any atom is -0.464 e. The summed E-state index contributed by atoms with van der Waals surface area (Å²) in [6.07, 6.45) is 1.82. The van der Waals surface area contributed by atoms with Gasteiger partial charge in [0.25, 0.3) is 0 Å². The summed E-state index contributed by atoms with van der Waals surface area (Å²) in [5.74, 6) is 0. The molecule has 1 aliphatic heterocycles. The molecule has 1 aromatic heterocycles. The van der Waals surface area contributed by atoms with E-state index in [0.29, 0.717) is 6.54 Å². The molecule has 1 aromatic carbocycles. The van der Waals surface area contributed by atoms with Gasteiger partial charge in [-0.25, -0.2) is 0 Å². The standard InChI is InChI=1S/C14H18N2O2/c15-7-14(9-17-10-14)8-16-5-11-6-18-13-4-2-1-3-12(11)13/h1-4,6,16H,5,7-10,15H2. The van der Waals surface area contributed by atoms with E-state index in [4.69, 9.17) is 14.9 Å². The number of fused-ring (bicyclic) bond motifs is 1. The molecule has 2 heterocycles. The molecule has 1 aliphatic rings. The van der Waals surface area contributed by atoms with Crippen LogP contribution < -0.4 is 11.1 Å². The van der Waals surface area contributed by atoms with Gasteiger partial charge in [0.2, 0.25) is 0 Å². The summed E-state index contributed by atoms with van der Waals surface area (Å²) < 4.78 is 10.8. The highest BCUT2D eigenvalue weighted by atomic mass is 16.5. The lowest BCUT2D eigenvalue weighted by Crippen LogP contribution is -2.54. The molecule has 0 aliphatic carbocycles. The molecule has 3 rings (SSSR count). The van der Waals surface area contributed by atoms with Crippen LogP contribution in [0.2, 0.25) is 0 Å². The predicted molar refractivity (Wildman–Crippen MR) is 70.2 cm³/mol. The van der Waals surface area contributed by atoms with Gasteiger partial charge in [-0.05, 0) is 6.07 Å². The van der Waals surface area contributed by atoms with Gasteiger partial charge in [0.15, 0.2) is 0 Å². The Bertz CT molecular complexity index is 526. The van der Waals surface area contributed by atoms with E-state index < -0.39 is 0 Å². The Labute approximate surface area is 106 Å². The van der Waals surface area contributed by atoms with Crippen molar-refractivity contribution in [2.75, 3.05) is 26.3 Å². The monoisotopic (exact) mass is 246 g/mol. The van der Waals surface area contributed by atoms with Crippen LogP contribution in [0.15, 0.2) is 34.9 Å². The second kappa shape index (κ2) is 4.72. The molecule has 0 atom stereocenters. The number of para-hydroxylation sites is 1. The van der Waals surface area contributed by atoms with Crippen molar-refractivity contribution < 1.29 is 9.15 Å². The van der Waals surface area contributed by atoms with E-state index in [1.165, 1.54) is 10.9 Å². The first-order valence-corrected chi connectivity index (χ1v) is 6.27. The van der Waals surface area contributed by atoms with Crippen LogP contribution in [-0.2, 0) is 11.3 Å². The maximum atomic E-state index is 5.78. The summed E-state index contributed by atoms with van der Waals surface area (Å²) in [5.41, 5.74) is 8.05. The van der Waals surface area contributed by atoms with Gasteiger partial charge in [-0.1, -0.05) is 18.2 Å². The maximum absolute atomic E-state index is 5.78. The molecule has 4 heteroatoms. The van der Waals surface area contributed by atoms with Gasteiger partial charge in [0, 0.05) is 36.0 Å². The van der Waals surface area contributed by atoms with Crippen molar-refractivity contribution in [1.29, 1.82) is 0 Å². The number of hydrogen-bond donors (Lipinski definition) is 2. The molecule has 0 bridgehead atoms. The number of nitrogens with two attached hydrogens (primary N) is 1. The molecule has 1 fully saturated rings. The Kier molecular flexibility index (Phi) is 3.07. The summed E-state index contributed by atoms with van der Waals surface area (Å²) in [4.78, 5) is 0. The SMILES string of the molecule is NCC1(CNCc2coc3ccccc23)COC1. The van der Waals surface area contributed by atoms with Crippen LogP contribution in [0.25, 0.3) is 11.0 Å². The zero-order valence-corrected chi connectivity index (χ0v) is 10.3. The van der Waals surface area contributed by atoms with Gasteiger partial charge in [0.1, 0.15) is 5.58 Å². The number of nitrogens with one attached hydrogen (secondary N) is 1. The smallest absolute Gasteiger partial charge is 0.134 e. The number of benzene rings is 1. The molecule has 2 aromatic rings. The van der Waals surface area contributed by atoms with Gasteiger partial charge < -0.3 is 20.2 Å². The van der Waals surface area contributed by atoms with Crippen LogP contribution in [0.1, 0.15) is 5.56 Å². The average Bonchev–Trinajstić information content (AvgIpc) is 2.76. The lowest BCUT2D eigenvalue weighted by molar-refractivity contribution is -0.105. The fourth-order valence-electron chi connectivity index (χ4n) is 2.31. The van der Waals surface area contributed by atoms with Crippen LogP contribution >= 0.6 is 0 Å². The molecule has 0 saturated carbocycles. The van der Waals surface area contributed by atoms with Crippen molar-refractivity contribution in [3.05, 3.63) is 36.1 Å². The van der Waals surface area contributed by atoms with Crippen LogP contribution in [0.5, 0.6) is 0 Å². The molecule has 18 heavy (non-hydrogen) atoms. The number of ether oxygens (including phenoxy) is 1. The largest absolute Gasteiger partial charge is 0.464 e. The third-order valence-electron chi connectivity index (χ3n) is 3.63. The highest BCUT2D eigenvalue weighted by Crippen LogP contribution is 2.25. The molecule has 0 radical (unpaired) electrons. The minimum absolute atomic E-state index is 0.138. The normalized spacial score (nSPS) is 17.8. The summed E-state index contributed by atoms with van der Waals surface area (Å²) in [5, 5.41) is 4.63. The number of rotatable bonds is 5. The summed E-state index contributed by atoms with van der Waals surface area (Å²) in [6, 6.07) is 8.08. The highest BCUT2D eigenvalue weighted by Gasteiger charge is 2.36. The second-order valence-corrected chi connectivity index (χ2v) is 5.06. The zero-order valence-electron chi connectivity index (χ0n) is 10.3. The fourth-order valence-corrected chi connectivity index (χ4v) is 2.31. The summed E-state index contributed by atoms with van der Waals surface area (Å²) >= 11 is 0. The van der Waals surface area contributed by atoms with E-state index in [2.05, 4.69) is 11.4 Å². The van der Waals surface area contributed by atoms with Crippen LogP contribution in [0.4, 0.5) is 0 Å². The van der Waals surface area contributed by atoms with E-state index >= 15 is 0 Å². The van der Waals surface area contributed by atoms with Crippen LogP contribution in [0.3, 0.4) is 0 Å². The Morgan fingerprint density at radius 1 is 1.28 bits per heavy atom. The first-order valence-electron chi connectivity index (χ1n) is 6.27. The molecule has 3 N–H and O–H groups in total. The predicted octanol–water partition coefficient (Wildman–Crippen LogP) is 1.50. The molecule has 0 amide bonds. The summed E-state index contributed by atoms with van der Waals surface area (Å²) in [7, 11) is 0. The third-order valence-corrected chi connectivity index (χ3v) is 3.63. The van der Waals surface area contributed by atoms with Crippen molar-refractivity contribution >= 4 is 11.0 Å². The van der Waals surface area contributed by atoms with Crippen molar-refractivity contribution in [2.45, 2.75) is 6.54 Å². The van der Waals surface area contributed by atoms with Crippen molar-refractivity contribution in [1.82, 2.24) is 5.32 Å². The van der Waals surface area contributed by atoms with E-state index in [1.807, 2.05) is 24.5 Å². The zero-order chi connectivity index (χ0) is 12.4. The Balaban J connectivity index is 1.63. The quantitative estimate of drug-likeness (QED) is 0.839. The third kappa shape index (κ3) is 2.03. The highest BCUT2D eigenvalue weighted by molar-refractivity contribution is 5.80.